The highest BCUT2D eigenvalue weighted by Crippen LogP contribution is 2.68. The number of rotatable bonds is 5. The molecule has 0 spiro atoms. The lowest BCUT2D eigenvalue weighted by molar-refractivity contribution is -0.134. The summed E-state index contributed by atoms with van der Waals surface area (Å²) in [6, 6.07) is 0. The van der Waals surface area contributed by atoms with Crippen molar-refractivity contribution in [2.24, 2.45) is 16.7 Å². The van der Waals surface area contributed by atoms with Crippen LogP contribution in [0.5, 0.6) is 0 Å². The SMILES string of the molecule is CCCN(CCO)C(=O)C1C(C)(C)C1(C)C. The van der Waals surface area contributed by atoms with E-state index in [0.717, 1.165) is 13.0 Å². The van der Waals surface area contributed by atoms with Crippen molar-refractivity contribution in [1.82, 2.24) is 4.90 Å². The molecule has 0 aromatic carbocycles. The average Bonchev–Trinajstić information content (AvgIpc) is 2.56. The molecule has 0 radical (unpaired) electrons. The highest BCUT2D eigenvalue weighted by Gasteiger charge is 2.68. The van der Waals surface area contributed by atoms with Gasteiger partial charge in [0.2, 0.25) is 5.91 Å². The number of aliphatic hydroxyl groups excluding tert-OH is 1. The average molecular weight is 227 g/mol. The largest absolute Gasteiger partial charge is 0.395 e. The van der Waals surface area contributed by atoms with Gasteiger partial charge in [0.25, 0.3) is 0 Å². The Labute approximate surface area is 98.8 Å². The monoisotopic (exact) mass is 227 g/mol. The summed E-state index contributed by atoms with van der Waals surface area (Å²) in [7, 11) is 0. The minimum absolute atomic E-state index is 0.0549. The first kappa shape index (κ1) is 13.5. The normalized spacial score (nSPS) is 21.9. The number of aliphatic hydroxyl groups is 1. The van der Waals surface area contributed by atoms with Gasteiger partial charge in [-0.3, -0.25) is 4.79 Å². The van der Waals surface area contributed by atoms with E-state index in [-0.39, 0.29) is 29.3 Å². The topological polar surface area (TPSA) is 40.5 Å². The summed E-state index contributed by atoms with van der Waals surface area (Å²) in [6.45, 7) is 11.9. The van der Waals surface area contributed by atoms with Crippen LogP contribution in [0.1, 0.15) is 41.0 Å². The Hall–Kier alpha value is -0.570. The maximum absolute atomic E-state index is 12.3. The summed E-state index contributed by atoms with van der Waals surface area (Å²) in [4.78, 5) is 14.1. The van der Waals surface area contributed by atoms with E-state index in [4.69, 9.17) is 5.11 Å². The van der Waals surface area contributed by atoms with Gasteiger partial charge in [0.15, 0.2) is 0 Å². The second-order valence-corrected chi connectivity index (χ2v) is 5.93. The van der Waals surface area contributed by atoms with Gasteiger partial charge in [-0.2, -0.15) is 0 Å². The van der Waals surface area contributed by atoms with Gasteiger partial charge in [0.1, 0.15) is 0 Å². The molecule has 1 rings (SSSR count). The molecule has 0 heterocycles. The molecule has 1 saturated carbocycles. The molecule has 1 aliphatic carbocycles. The van der Waals surface area contributed by atoms with Crippen LogP contribution in [0.15, 0.2) is 0 Å². The molecule has 0 aromatic heterocycles. The van der Waals surface area contributed by atoms with Gasteiger partial charge >= 0.3 is 0 Å². The first-order valence-corrected chi connectivity index (χ1v) is 6.20. The molecular formula is C13H25NO2. The number of carbonyl (C=O) groups excluding carboxylic acids is 1. The van der Waals surface area contributed by atoms with Crippen molar-refractivity contribution < 1.29 is 9.90 Å². The van der Waals surface area contributed by atoms with E-state index >= 15 is 0 Å². The van der Waals surface area contributed by atoms with Crippen LogP contribution < -0.4 is 0 Å². The zero-order valence-electron chi connectivity index (χ0n) is 11.2. The first-order chi connectivity index (χ1) is 7.30. The molecule has 0 bridgehead atoms. The van der Waals surface area contributed by atoms with Gasteiger partial charge in [-0.05, 0) is 17.3 Å². The number of nitrogens with zero attached hydrogens (tertiary/aromatic N) is 1. The van der Waals surface area contributed by atoms with Crippen molar-refractivity contribution in [3.8, 4) is 0 Å². The second kappa shape index (κ2) is 4.36. The highest BCUT2D eigenvalue weighted by atomic mass is 16.3. The molecule has 1 N–H and O–H groups in total. The van der Waals surface area contributed by atoms with Crippen molar-refractivity contribution in [1.29, 1.82) is 0 Å². The van der Waals surface area contributed by atoms with Gasteiger partial charge in [0.05, 0.1) is 6.61 Å². The molecule has 94 valence electrons. The Kier molecular flexibility index (Phi) is 3.68. The molecule has 16 heavy (non-hydrogen) atoms. The lowest BCUT2D eigenvalue weighted by Crippen LogP contribution is -2.36. The number of hydrogen-bond donors (Lipinski definition) is 1. The molecule has 1 aliphatic rings. The van der Waals surface area contributed by atoms with Crippen LogP contribution in [0, 0.1) is 16.7 Å². The number of hydrogen-bond acceptors (Lipinski definition) is 2. The predicted octanol–water partition coefficient (Wildman–Crippen LogP) is 1.90. The van der Waals surface area contributed by atoms with E-state index in [1.54, 1.807) is 4.90 Å². The third-order valence-electron chi connectivity index (χ3n) is 4.44. The quantitative estimate of drug-likeness (QED) is 0.779. The molecule has 0 aliphatic heterocycles. The molecule has 1 amide bonds. The van der Waals surface area contributed by atoms with Crippen molar-refractivity contribution in [3.05, 3.63) is 0 Å². The molecule has 0 unspecified atom stereocenters. The Morgan fingerprint density at radius 1 is 1.19 bits per heavy atom. The predicted molar refractivity (Wildman–Crippen MR) is 65.0 cm³/mol. The molecular weight excluding hydrogens is 202 g/mol. The molecule has 3 heteroatoms. The Morgan fingerprint density at radius 3 is 2.00 bits per heavy atom. The second-order valence-electron chi connectivity index (χ2n) is 5.93. The molecule has 3 nitrogen and oxygen atoms in total. The van der Waals surface area contributed by atoms with Gasteiger partial charge < -0.3 is 10.0 Å². The summed E-state index contributed by atoms with van der Waals surface area (Å²) in [6.07, 6.45) is 0.944. The van der Waals surface area contributed by atoms with Crippen LogP contribution >= 0.6 is 0 Å². The van der Waals surface area contributed by atoms with E-state index in [1.807, 2.05) is 0 Å². The van der Waals surface area contributed by atoms with Crippen molar-refractivity contribution in [2.75, 3.05) is 19.7 Å². The zero-order chi connectivity index (χ0) is 12.6. The Bertz CT molecular complexity index is 251. The zero-order valence-corrected chi connectivity index (χ0v) is 11.2. The number of carbonyl (C=O) groups is 1. The maximum atomic E-state index is 12.3. The highest BCUT2D eigenvalue weighted by molar-refractivity contribution is 5.84. The summed E-state index contributed by atoms with van der Waals surface area (Å²) in [5, 5.41) is 8.98. The molecule has 1 fully saturated rings. The van der Waals surface area contributed by atoms with Crippen molar-refractivity contribution in [3.63, 3.8) is 0 Å². The Balaban J connectivity index is 2.70. The standard InChI is InChI=1S/C13H25NO2/c1-6-7-14(8-9-15)11(16)10-12(2,3)13(10,4)5/h10,15H,6-9H2,1-5H3. The third-order valence-corrected chi connectivity index (χ3v) is 4.44. The van der Waals surface area contributed by atoms with E-state index in [0.29, 0.717) is 6.54 Å². The van der Waals surface area contributed by atoms with Crippen LogP contribution in [0.25, 0.3) is 0 Å². The minimum Gasteiger partial charge on any atom is -0.395 e. The summed E-state index contributed by atoms with van der Waals surface area (Å²) < 4.78 is 0. The third kappa shape index (κ3) is 1.97. The van der Waals surface area contributed by atoms with Crippen LogP contribution in [-0.2, 0) is 4.79 Å². The van der Waals surface area contributed by atoms with Crippen LogP contribution in [0.3, 0.4) is 0 Å². The van der Waals surface area contributed by atoms with Crippen LogP contribution in [0.4, 0.5) is 0 Å². The molecule has 0 aromatic rings. The van der Waals surface area contributed by atoms with Gasteiger partial charge in [-0.1, -0.05) is 34.6 Å². The van der Waals surface area contributed by atoms with Gasteiger partial charge in [-0.15, -0.1) is 0 Å². The van der Waals surface area contributed by atoms with Crippen molar-refractivity contribution >= 4 is 5.91 Å². The lowest BCUT2D eigenvalue weighted by atomic mass is 10.0. The fourth-order valence-corrected chi connectivity index (χ4v) is 2.72. The maximum Gasteiger partial charge on any atom is 0.226 e. The summed E-state index contributed by atoms with van der Waals surface area (Å²) in [5.41, 5.74) is 0.178. The van der Waals surface area contributed by atoms with Crippen LogP contribution in [0.2, 0.25) is 0 Å². The smallest absolute Gasteiger partial charge is 0.226 e. The lowest BCUT2D eigenvalue weighted by Gasteiger charge is -2.22. The van der Waals surface area contributed by atoms with Crippen LogP contribution in [-0.4, -0.2) is 35.6 Å². The Morgan fingerprint density at radius 2 is 1.69 bits per heavy atom. The molecule has 0 atom stereocenters. The van der Waals surface area contributed by atoms with Gasteiger partial charge in [-0.25, -0.2) is 0 Å². The van der Waals surface area contributed by atoms with E-state index in [2.05, 4.69) is 34.6 Å². The summed E-state index contributed by atoms with van der Waals surface area (Å²) in [5.74, 6) is 0.323. The number of amides is 1. The fraction of sp³-hybridized carbons (Fsp3) is 0.923. The van der Waals surface area contributed by atoms with E-state index in [1.165, 1.54) is 0 Å². The molecule has 0 saturated heterocycles. The van der Waals surface area contributed by atoms with E-state index < -0.39 is 0 Å². The summed E-state index contributed by atoms with van der Waals surface area (Å²) >= 11 is 0. The van der Waals surface area contributed by atoms with E-state index in [9.17, 15) is 4.79 Å². The fourth-order valence-electron chi connectivity index (χ4n) is 2.72. The van der Waals surface area contributed by atoms with Gasteiger partial charge in [0, 0.05) is 19.0 Å². The first-order valence-electron chi connectivity index (χ1n) is 6.20. The minimum atomic E-state index is 0.0549. The van der Waals surface area contributed by atoms with Crippen molar-refractivity contribution in [2.45, 2.75) is 41.0 Å².